The van der Waals surface area contributed by atoms with E-state index in [1.54, 1.807) is 12.3 Å². The lowest BCUT2D eigenvalue weighted by Gasteiger charge is -2.50. The molecule has 4 rings (SSSR count). The van der Waals surface area contributed by atoms with Crippen LogP contribution in [0.2, 0.25) is 0 Å². The molecule has 0 bridgehead atoms. The van der Waals surface area contributed by atoms with Gasteiger partial charge in [0.15, 0.2) is 23.6 Å². The van der Waals surface area contributed by atoms with E-state index < -0.39 is 29.2 Å². The number of thioether (sulfide) groups is 1. The van der Waals surface area contributed by atoms with Crippen molar-refractivity contribution in [2.45, 2.75) is 24.9 Å². The molecule has 2 aromatic heterocycles. The first kappa shape index (κ1) is 22.2. The number of amides is 2. The highest BCUT2D eigenvalue weighted by Gasteiger charge is 2.53. The lowest BCUT2D eigenvalue weighted by atomic mass is 10.0. The molecule has 0 radical (unpaired) electrons. The Morgan fingerprint density at radius 1 is 1.50 bits per heavy atom. The van der Waals surface area contributed by atoms with Crippen LogP contribution in [0.5, 0.6) is 0 Å². The Morgan fingerprint density at radius 3 is 2.94 bits per heavy atom. The van der Waals surface area contributed by atoms with Crippen molar-refractivity contribution in [1.82, 2.24) is 15.2 Å². The van der Waals surface area contributed by atoms with Crippen LogP contribution in [-0.4, -0.2) is 57.2 Å². The average Bonchev–Trinajstić information content (AvgIpc) is 3.43. The number of fused-ring (bicyclic) bond motifs is 1. The Labute approximate surface area is 194 Å². The van der Waals surface area contributed by atoms with Crippen LogP contribution in [-0.2, 0) is 25.8 Å². The Morgan fingerprint density at radius 2 is 2.31 bits per heavy atom. The highest BCUT2D eigenvalue weighted by atomic mass is 32.2. The number of oxime groups is 1. The minimum Gasteiger partial charge on any atom is -0.543 e. The van der Waals surface area contributed by atoms with Crippen LogP contribution in [0, 0.1) is 0 Å². The molecule has 168 valence electrons. The smallest absolute Gasteiger partial charge is 0.276 e. The van der Waals surface area contributed by atoms with Gasteiger partial charge in [-0.1, -0.05) is 16.5 Å². The summed E-state index contributed by atoms with van der Waals surface area (Å²) in [4.78, 5) is 47.8. The zero-order chi connectivity index (χ0) is 22.8. The molecule has 2 aromatic rings. The van der Waals surface area contributed by atoms with Gasteiger partial charge in [-0.2, -0.15) is 4.57 Å². The van der Waals surface area contributed by atoms with Gasteiger partial charge in [-0.3, -0.25) is 14.5 Å². The van der Waals surface area contributed by atoms with Gasteiger partial charge in [-0.25, -0.2) is 4.98 Å². The molecule has 0 aliphatic carbocycles. The number of nitrogens with zero attached hydrogens (tertiary/aromatic N) is 4. The number of carbonyl (C=O) groups excluding carboxylic acids is 3. The van der Waals surface area contributed by atoms with Crippen LogP contribution >= 0.6 is 34.4 Å². The number of carboxylic acid groups (broad SMARTS) is 1. The number of nitrogens with one attached hydrogen (secondary N) is 1. The SMILES string of the molecule is CCO/N=C(\C(=O)N[C@@H]1C(=O)N2C(C(=O)[O-])=C(C[n+]3ccsc3)CS[C@H]12)c1csc(N)n1. The topological polar surface area (TPSA) is 154 Å². The van der Waals surface area contributed by atoms with E-state index in [1.807, 2.05) is 21.7 Å². The van der Waals surface area contributed by atoms with Gasteiger partial charge in [-0.05, 0) is 6.92 Å². The fourth-order valence-electron chi connectivity index (χ4n) is 3.30. The number of aliphatic carboxylic acids is 1. The third kappa shape index (κ3) is 4.20. The highest BCUT2D eigenvalue weighted by molar-refractivity contribution is 8.00. The molecule has 0 saturated carbocycles. The van der Waals surface area contributed by atoms with Gasteiger partial charge < -0.3 is 25.8 Å². The number of anilines is 1. The lowest BCUT2D eigenvalue weighted by Crippen LogP contribution is -2.71. The van der Waals surface area contributed by atoms with E-state index in [9.17, 15) is 19.5 Å². The number of rotatable bonds is 8. The molecule has 4 heterocycles. The Hall–Kier alpha value is -2.97. The predicted molar refractivity (Wildman–Crippen MR) is 116 cm³/mol. The second-order valence-electron chi connectivity index (χ2n) is 6.73. The molecule has 1 fully saturated rings. The number of nitrogen functional groups attached to an aromatic ring is 1. The number of hydrogen-bond donors (Lipinski definition) is 2. The van der Waals surface area contributed by atoms with Gasteiger partial charge in [0, 0.05) is 16.7 Å². The molecular weight excluding hydrogens is 476 g/mol. The molecule has 0 spiro atoms. The van der Waals surface area contributed by atoms with Crippen LogP contribution in [0.4, 0.5) is 5.13 Å². The highest BCUT2D eigenvalue weighted by Crippen LogP contribution is 2.40. The second-order valence-corrected chi connectivity index (χ2v) is 9.48. The summed E-state index contributed by atoms with van der Waals surface area (Å²) >= 11 is 3.99. The van der Waals surface area contributed by atoms with E-state index in [-0.39, 0.29) is 28.8 Å². The second kappa shape index (κ2) is 9.26. The minimum atomic E-state index is -1.42. The van der Waals surface area contributed by atoms with Crippen LogP contribution in [0.15, 0.2) is 38.9 Å². The minimum absolute atomic E-state index is 0.114. The van der Waals surface area contributed by atoms with E-state index in [1.165, 1.54) is 28.0 Å². The summed E-state index contributed by atoms with van der Waals surface area (Å²) in [6, 6.07) is -0.917. The van der Waals surface area contributed by atoms with Crippen LogP contribution in [0.25, 0.3) is 0 Å². The fourth-order valence-corrected chi connectivity index (χ4v) is 5.79. The van der Waals surface area contributed by atoms with E-state index in [2.05, 4.69) is 15.5 Å². The van der Waals surface area contributed by atoms with Crippen molar-refractivity contribution >= 4 is 63.1 Å². The van der Waals surface area contributed by atoms with Gasteiger partial charge >= 0.3 is 0 Å². The monoisotopic (exact) mass is 494 g/mol. The quantitative estimate of drug-likeness (QED) is 0.203. The Kier molecular flexibility index (Phi) is 6.43. The largest absolute Gasteiger partial charge is 0.543 e. The van der Waals surface area contributed by atoms with E-state index in [4.69, 9.17) is 10.6 Å². The van der Waals surface area contributed by atoms with Gasteiger partial charge in [-0.15, -0.1) is 23.1 Å². The molecule has 32 heavy (non-hydrogen) atoms. The van der Waals surface area contributed by atoms with Crippen molar-refractivity contribution in [2.75, 3.05) is 18.1 Å². The van der Waals surface area contributed by atoms with Gasteiger partial charge in [0.1, 0.15) is 23.7 Å². The summed E-state index contributed by atoms with van der Waals surface area (Å²) in [5.41, 5.74) is 8.04. The van der Waals surface area contributed by atoms with Crippen LogP contribution < -0.4 is 20.7 Å². The number of β-lactam (4-membered cyclic amide) rings is 1. The van der Waals surface area contributed by atoms with Crippen molar-refractivity contribution < 1.29 is 28.9 Å². The zero-order valence-electron chi connectivity index (χ0n) is 16.7. The molecule has 2 aliphatic rings. The molecule has 0 unspecified atom stereocenters. The number of thiazole rings is 2. The normalized spacial score (nSPS) is 20.6. The third-order valence-corrected chi connectivity index (χ3v) is 7.38. The maximum Gasteiger partial charge on any atom is 0.276 e. The number of carboxylic acids is 1. The summed E-state index contributed by atoms with van der Waals surface area (Å²) in [7, 11) is 0. The van der Waals surface area contributed by atoms with Gasteiger partial charge in [0.05, 0.1) is 17.0 Å². The first-order valence-corrected chi connectivity index (χ1v) is 12.3. The first-order chi connectivity index (χ1) is 15.4. The summed E-state index contributed by atoms with van der Waals surface area (Å²) < 4.78 is 1.84. The van der Waals surface area contributed by atoms with Crippen LogP contribution in [0.1, 0.15) is 12.6 Å². The van der Waals surface area contributed by atoms with Crippen molar-refractivity contribution in [3.63, 3.8) is 0 Å². The first-order valence-electron chi connectivity index (χ1n) is 9.42. The predicted octanol–water partition coefficient (Wildman–Crippen LogP) is -1.08. The van der Waals surface area contributed by atoms with Crippen molar-refractivity contribution in [3.05, 3.63) is 39.4 Å². The standard InChI is InChI=1S/C18H18N6O5S3/c1-2-29-22-11(10-7-32-18(19)20-10)14(25)21-12-15(26)24-13(17(27)28)9(6-31-16(12)24)5-23-3-4-30-8-23/h3-4,7-8,12,16H,2,5-6H2,1H3,(H3-,19,20,21,25,27,28)/b22-11-/t12-,16-/m1/s1. The number of hydrogen-bond acceptors (Lipinski definition) is 11. The number of nitrogens with two attached hydrogens (primary N) is 1. The Balaban J connectivity index is 1.53. The van der Waals surface area contributed by atoms with E-state index >= 15 is 0 Å². The molecule has 11 nitrogen and oxygen atoms in total. The molecule has 3 N–H and O–H groups in total. The molecule has 2 atom stereocenters. The van der Waals surface area contributed by atoms with Crippen molar-refractivity contribution in [2.24, 2.45) is 5.16 Å². The molecule has 2 aliphatic heterocycles. The molecular formula is C18H18N6O5S3. The summed E-state index contributed by atoms with van der Waals surface area (Å²) in [5.74, 6) is -2.23. The summed E-state index contributed by atoms with van der Waals surface area (Å²) in [5, 5.41) is 21.4. The molecule has 1 saturated heterocycles. The number of aromatic nitrogens is 2. The summed E-state index contributed by atoms with van der Waals surface area (Å²) in [6.07, 6.45) is 1.83. The number of carbonyl (C=O) groups is 3. The summed E-state index contributed by atoms with van der Waals surface area (Å²) in [6.45, 7) is 2.28. The van der Waals surface area contributed by atoms with Crippen molar-refractivity contribution in [3.8, 4) is 0 Å². The third-order valence-electron chi connectivity index (χ3n) is 4.69. The van der Waals surface area contributed by atoms with E-state index in [0.29, 0.717) is 17.9 Å². The van der Waals surface area contributed by atoms with Crippen molar-refractivity contribution in [1.29, 1.82) is 0 Å². The molecule has 2 amide bonds. The fraction of sp³-hybridized carbons (Fsp3) is 0.333. The molecule has 14 heteroatoms. The maximum atomic E-state index is 12.9. The zero-order valence-corrected chi connectivity index (χ0v) is 19.2. The Bertz CT molecular complexity index is 1110. The molecule has 0 aromatic carbocycles. The van der Waals surface area contributed by atoms with Gasteiger partial charge in [0.25, 0.3) is 11.8 Å². The van der Waals surface area contributed by atoms with Gasteiger partial charge in [0.2, 0.25) is 5.51 Å². The maximum absolute atomic E-state index is 12.9. The average molecular weight is 495 g/mol. The lowest BCUT2D eigenvalue weighted by molar-refractivity contribution is -0.684. The van der Waals surface area contributed by atoms with E-state index in [0.717, 1.165) is 11.3 Å². The van der Waals surface area contributed by atoms with Crippen LogP contribution in [0.3, 0.4) is 0 Å².